The topological polar surface area (TPSA) is 73.9 Å². The Hall–Kier alpha value is -4.46. The largest absolute Gasteiger partial charge is 0.378 e. The van der Waals surface area contributed by atoms with E-state index < -0.39 is 0 Å². The van der Waals surface area contributed by atoms with Gasteiger partial charge in [0.25, 0.3) is 11.8 Å². The number of carbonyl (C=O) groups excluding carboxylic acids is 2. The molecule has 6 rings (SSSR count). The van der Waals surface area contributed by atoms with Gasteiger partial charge in [-0.3, -0.25) is 14.5 Å². The molecule has 2 fully saturated rings. The minimum atomic E-state index is -0.162. The Morgan fingerprint density at radius 1 is 0.727 bits per heavy atom. The van der Waals surface area contributed by atoms with Gasteiger partial charge in [-0.1, -0.05) is 42.8 Å². The maximum Gasteiger partial charge on any atom is 0.255 e. The molecule has 4 aromatic rings. The zero-order chi connectivity index (χ0) is 30.3. The molecular formula is C37H40N4O3. The number of piperidine rings is 1. The molecule has 2 aliphatic rings. The summed E-state index contributed by atoms with van der Waals surface area (Å²) in [5.74, 6) is -0.295. The summed E-state index contributed by atoms with van der Waals surface area (Å²) < 4.78 is 5.44. The molecule has 4 aromatic carbocycles. The molecule has 226 valence electrons. The Morgan fingerprint density at radius 3 is 2.16 bits per heavy atom. The van der Waals surface area contributed by atoms with Gasteiger partial charge in [0.2, 0.25) is 0 Å². The minimum absolute atomic E-state index is 0.132. The van der Waals surface area contributed by atoms with E-state index in [-0.39, 0.29) is 11.8 Å². The lowest BCUT2D eigenvalue weighted by Gasteiger charge is -2.28. The van der Waals surface area contributed by atoms with Crippen molar-refractivity contribution in [2.75, 3.05) is 54.9 Å². The predicted molar refractivity (Wildman–Crippen MR) is 178 cm³/mol. The minimum Gasteiger partial charge on any atom is -0.378 e. The second-order valence-electron chi connectivity index (χ2n) is 11.7. The molecule has 0 aliphatic carbocycles. The van der Waals surface area contributed by atoms with E-state index in [9.17, 15) is 9.59 Å². The highest BCUT2D eigenvalue weighted by atomic mass is 16.5. The van der Waals surface area contributed by atoms with E-state index in [1.165, 1.54) is 19.3 Å². The van der Waals surface area contributed by atoms with Gasteiger partial charge in [-0.15, -0.1) is 0 Å². The molecule has 2 amide bonds. The third-order valence-corrected chi connectivity index (χ3v) is 8.57. The fourth-order valence-electron chi connectivity index (χ4n) is 5.99. The molecule has 2 heterocycles. The molecule has 2 aliphatic heterocycles. The number of hydrogen-bond donors (Lipinski definition) is 2. The summed E-state index contributed by atoms with van der Waals surface area (Å²) in [6, 6.07) is 29.3. The maximum atomic E-state index is 13.2. The first-order valence-electron chi connectivity index (χ1n) is 15.6. The summed E-state index contributed by atoms with van der Waals surface area (Å²) in [4.78, 5) is 31.1. The number of likely N-dealkylation sites (tertiary alicyclic amines) is 1. The maximum absolute atomic E-state index is 13.2. The molecule has 2 saturated heterocycles. The standard InChI is InChI=1S/C37H40N4O3/c1-27-9-10-30(37(43)38-32-15-17-33(18-16-32)41-21-23-44-24-22-41)25-34(27)28-11-13-29(14-12-28)36(42)39-35-8-4-3-7-31(35)26-40-19-5-2-6-20-40/h3-4,7-18,25H,2,5-6,19-24,26H2,1H3,(H,38,43)(H,39,42). The van der Waals surface area contributed by atoms with Crippen molar-refractivity contribution in [3.05, 3.63) is 113 Å². The van der Waals surface area contributed by atoms with Crippen molar-refractivity contribution in [2.24, 2.45) is 0 Å². The number of amides is 2. The lowest BCUT2D eigenvalue weighted by Crippen LogP contribution is -2.36. The van der Waals surface area contributed by atoms with E-state index in [0.717, 1.165) is 85.3 Å². The Morgan fingerprint density at radius 2 is 1.41 bits per heavy atom. The normalized spacial score (nSPS) is 15.5. The molecule has 0 spiro atoms. The van der Waals surface area contributed by atoms with Crippen LogP contribution in [0.2, 0.25) is 0 Å². The fraction of sp³-hybridized carbons (Fsp3) is 0.297. The summed E-state index contributed by atoms with van der Waals surface area (Å²) in [7, 11) is 0. The fourth-order valence-corrected chi connectivity index (χ4v) is 5.99. The van der Waals surface area contributed by atoms with Crippen LogP contribution in [0.4, 0.5) is 17.1 Å². The van der Waals surface area contributed by atoms with Gasteiger partial charge in [0, 0.05) is 47.8 Å². The summed E-state index contributed by atoms with van der Waals surface area (Å²) in [6.07, 6.45) is 3.77. The van der Waals surface area contributed by atoms with Crippen LogP contribution in [0.1, 0.15) is 51.1 Å². The van der Waals surface area contributed by atoms with Gasteiger partial charge in [-0.25, -0.2) is 0 Å². The number of carbonyl (C=O) groups is 2. The number of aryl methyl sites for hydroxylation is 1. The van der Waals surface area contributed by atoms with Crippen molar-refractivity contribution >= 4 is 28.9 Å². The van der Waals surface area contributed by atoms with Crippen LogP contribution in [0, 0.1) is 6.92 Å². The van der Waals surface area contributed by atoms with Gasteiger partial charge < -0.3 is 20.3 Å². The highest BCUT2D eigenvalue weighted by Gasteiger charge is 2.16. The van der Waals surface area contributed by atoms with E-state index in [0.29, 0.717) is 11.1 Å². The average molecular weight is 589 g/mol. The molecule has 44 heavy (non-hydrogen) atoms. The zero-order valence-corrected chi connectivity index (χ0v) is 25.4. The number of nitrogens with one attached hydrogen (secondary N) is 2. The molecule has 0 radical (unpaired) electrons. The molecule has 7 heteroatoms. The molecule has 0 unspecified atom stereocenters. The monoisotopic (exact) mass is 588 g/mol. The second-order valence-corrected chi connectivity index (χ2v) is 11.7. The lowest BCUT2D eigenvalue weighted by molar-refractivity contribution is 0.101. The van der Waals surface area contributed by atoms with Gasteiger partial charge in [0.15, 0.2) is 0 Å². The van der Waals surface area contributed by atoms with Crippen LogP contribution in [0.25, 0.3) is 11.1 Å². The molecule has 2 N–H and O–H groups in total. The van der Waals surface area contributed by atoms with Crippen molar-refractivity contribution in [1.29, 1.82) is 0 Å². The zero-order valence-electron chi connectivity index (χ0n) is 25.4. The molecule has 7 nitrogen and oxygen atoms in total. The Bertz CT molecular complexity index is 1590. The van der Waals surface area contributed by atoms with Crippen molar-refractivity contribution in [2.45, 2.75) is 32.7 Å². The highest BCUT2D eigenvalue weighted by Crippen LogP contribution is 2.27. The van der Waals surface area contributed by atoms with Crippen molar-refractivity contribution in [3.63, 3.8) is 0 Å². The van der Waals surface area contributed by atoms with Gasteiger partial charge >= 0.3 is 0 Å². The van der Waals surface area contributed by atoms with Crippen LogP contribution in [0.3, 0.4) is 0 Å². The van der Waals surface area contributed by atoms with Crippen LogP contribution in [0.15, 0.2) is 91.0 Å². The van der Waals surface area contributed by atoms with Gasteiger partial charge in [0.05, 0.1) is 13.2 Å². The Kier molecular flexibility index (Phi) is 9.34. The van der Waals surface area contributed by atoms with Crippen molar-refractivity contribution in [3.8, 4) is 11.1 Å². The number of nitrogens with zero attached hydrogens (tertiary/aromatic N) is 2. The number of anilines is 3. The molecule has 0 bridgehead atoms. The number of para-hydroxylation sites is 1. The average Bonchev–Trinajstić information content (AvgIpc) is 3.07. The highest BCUT2D eigenvalue weighted by molar-refractivity contribution is 6.06. The quantitative estimate of drug-likeness (QED) is 0.232. The number of rotatable bonds is 8. The van der Waals surface area contributed by atoms with E-state index >= 15 is 0 Å². The van der Waals surface area contributed by atoms with E-state index in [1.54, 1.807) is 0 Å². The number of morpholine rings is 1. The van der Waals surface area contributed by atoms with E-state index in [1.807, 2.05) is 91.9 Å². The summed E-state index contributed by atoms with van der Waals surface area (Å²) in [6.45, 7) is 8.30. The third-order valence-electron chi connectivity index (χ3n) is 8.57. The Labute approximate surface area is 259 Å². The summed E-state index contributed by atoms with van der Waals surface area (Å²) >= 11 is 0. The third kappa shape index (κ3) is 7.18. The van der Waals surface area contributed by atoms with Gasteiger partial charge in [-0.05, 0) is 110 Å². The second kappa shape index (κ2) is 13.9. The lowest BCUT2D eigenvalue weighted by atomic mass is 9.97. The SMILES string of the molecule is Cc1ccc(C(=O)Nc2ccc(N3CCOCC3)cc2)cc1-c1ccc(C(=O)Nc2ccccc2CN2CCCCC2)cc1. The van der Waals surface area contributed by atoms with Crippen LogP contribution < -0.4 is 15.5 Å². The first-order valence-corrected chi connectivity index (χ1v) is 15.6. The van der Waals surface area contributed by atoms with Crippen LogP contribution in [0.5, 0.6) is 0 Å². The van der Waals surface area contributed by atoms with Gasteiger partial charge in [-0.2, -0.15) is 0 Å². The van der Waals surface area contributed by atoms with Crippen LogP contribution >= 0.6 is 0 Å². The molecular weight excluding hydrogens is 548 g/mol. The number of ether oxygens (including phenoxy) is 1. The van der Waals surface area contributed by atoms with Crippen LogP contribution in [-0.2, 0) is 11.3 Å². The smallest absolute Gasteiger partial charge is 0.255 e. The summed E-state index contributed by atoms with van der Waals surface area (Å²) in [5, 5.41) is 6.16. The number of benzene rings is 4. The predicted octanol–water partition coefficient (Wildman–Crippen LogP) is 6.99. The van der Waals surface area contributed by atoms with E-state index in [2.05, 4.69) is 26.5 Å². The van der Waals surface area contributed by atoms with Crippen molar-refractivity contribution in [1.82, 2.24) is 4.90 Å². The van der Waals surface area contributed by atoms with E-state index in [4.69, 9.17) is 4.74 Å². The molecule has 0 atom stereocenters. The molecule has 0 saturated carbocycles. The van der Waals surface area contributed by atoms with Crippen LogP contribution in [-0.4, -0.2) is 56.1 Å². The summed E-state index contributed by atoms with van der Waals surface area (Å²) in [5.41, 5.74) is 8.01. The molecule has 0 aromatic heterocycles. The Balaban J connectivity index is 1.11. The van der Waals surface area contributed by atoms with Crippen molar-refractivity contribution < 1.29 is 14.3 Å². The number of hydrogen-bond acceptors (Lipinski definition) is 5. The van der Waals surface area contributed by atoms with Gasteiger partial charge in [0.1, 0.15) is 0 Å². The first-order chi connectivity index (χ1) is 21.5. The first kappa shape index (κ1) is 29.6.